The van der Waals surface area contributed by atoms with Crippen LogP contribution in [0.25, 0.3) is 0 Å². The minimum atomic E-state index is -1.11. The highest BCUT2D eigenvalue weighted by Crippen LogP contribution is 2.32. The van der Waals surface area contributed by atoms with Crippen LogP contribution < -0.4 is 20.5 Å². The number of para-hydroxylation sites is 1. The van der Waals surface area contributed by atoms with E-state index in [1.807, 2.05) is 30.3 Å². The largest absolute Gasteiger partial charge is 0.497 e. The molecule has 0 unspecified atom stereocenters. The zero-order valence-electron chi connectivity index (χ0n) is 18.8. The Morgan fingerprint density at radius 3 is 1.87 bits per heavy atom. The van der Waals surface area contributed by atoms with Crippen LogP contribution in [0.2, 0.25) is 0 Å². The van der Waals surface area contributed by atoms with Crippen LogP contribution in [0, 0.1) is 5.92 Å². The third-order valence-electron chi connectivity index (χ3n) is 4.40. The maximum Gasteiger partial charge on any atom is 0.408 e. The predicted molar refractivity (Wildman–Crippen MR) is 119 cm³/mol. The van der Waals surface area contributed by atoms with Crippen molar-refractivity contribution in [3.05, 3.63) is 54.1 Å². The minimum Gasteiger partial charge on any atom is -0.497 e. The number of hydrogen-bond donors (Lipinski definition) is 3. The topological polar surface area (TPSA) is 120 Å². The number of carboxylic acids is 1. The lowest BCUT2D eigenvalue weighted by Gasteiger charge is -2.28. The van der Waals surface area contributed by atoms with Crippen LogP contribution in [-0.2, 0) is 15.1 Å². The van der Waals surface area contributed by atoms with Gasteiger partial charge in [0.1, 0.15) is 23.1 Å². The van der Waals surface area contributed by atoms with Crippen LogP contribution >= 0.6 is 0 Å². The fourth-order valence-corrected chi connectivity index (χ4v) is 2.57. The summed E-state index contributed by atoms with van der Waals surface area (Å²) in [5.74, 6) is -0.253. The molecule has 0 heterocycles. The molecule has 1 amide bonds. The van der Waals surface area contributed by atoms with E-state index in [9.17, 15) is 9.59 Å². The average molecular weight is 433 g/mol. The molecule has 2 aromatic carbocycles. The molecule has 2 rings (SSSR count). The number of ether oxygens (including phenoxy) is 3. The molecule has 0 radical (unpaired) electrons. The third kappa shape index (κ3) is 8.46. The molecular weight excluding hydrogens is 400 g/mol. The molecule has 31 heavy (non-hydrogen) atoms. The number of carboxylic acid groups (broad SMARTS) is 1. The molecule has 2 aromatic rings. The number of alkyl carbamates (subject to hydrolysis) is 1. The Labute approximate surface area is 183 Å². The van der Waals surface area contributed by atoms with Crippen LogP contribution in [0.5, 0.6) is 11.5 Å². The summed E-state index contributed by atoms with van der Waals surface area (Å²) < 4.78 is 15.9. The molecule has 8 nitrogen and oxygen atoms in total. The normalized spacial score (nSPS) is 11.6. The molecule has 170 valence electrons. The Morgan fingerprint density at radius 1 is 1.00 bits per heavy atom. The lowest BCUT2D eigenvalue weighted by molar-refractivity contribution is -0.140. The van der Waals surface area contributed by atoms with Crippen molar-refractivity contribution in [1.82, 2.24) is 5.32 Å². The Kier molecular flexibility index (Phi) is 9.66. The number of rotatable bonds is 7. The fourth-order valence-electron chi connectivity index (χ4n) is 2.57. The molecule has 8 heteroatoms. The first-order valence-corrected chi connectivity index (χ1v) is 9.76. The first-order valence-electron chi connectivity index (χ1n) is 9.76. The number of aliphatic carboxylic acids is 1. The lowest BCUT2D eigenvalue weighted by Crippen LogP contribution is -2.46. The summed E-state index contributed by atoms with van der Waals surface area (Å²) in [7, 11) is 3.05. The van der Waals surface area contributed by atoms with E-state index in [1.165, 1.54) is 14.2 Å². The molecule has 0 saturated heterocycles. The van der Waals surface area contributed by atoms with Crippen molar-refractivity contribution >= 4 is 17.7 Å². The summed E-state index contributed by atoms with van der Waals surface area (Å²) in [4.78, 5) is 23.3. The molecule has 0 aliphatic heterocycles. The molecule has 0 fully saturated rings. The van der Waals surface area contributed by atoms with Crippen molar-refractivity contribution in [2.45, 2.75) is 39.3 Å². The lowest BCUT2D eigenvalue weighted by atomic mass is 9.97. The Hall–Kier alpha value is -3.42. The summed E-state index contributed by atoms with van der Waals surface area (Å²) >= 11 is 0. The van der Waals surface area contributed by atoms with E-state index < -0.39 is 23.7 Å². The van der Waals surface area contributed by atoms with Gasteiger partial charge in [-0.3, -0.25) is 0 Å². The van der Waals surface area contributed by atoms with E-state index in [0.717, 1.165) is 5.69 Å². The molecule has 0 aromatic heterocycles. The van der Waals surface area contributed by atoms with Gasteiger partial charge in [-0.05, 0) is 44.0 Å². The van der Waals surface area contributed by atoms with Crippen LogP contribution in [0.15, 0.2) is 48.5 Å². The molecular formula is C23H32N2O6. The molecule has 1 atom stereocenters. The average Bonchev–Trinajstić information content (AvgIpc) is 2.71. The van der Waals surface area contributed by atoms with Gasteiger partial charge in [-0.2, -0.15) is 0 Å². The smallest absolute Gasteiger partial charge is 0.408 e. The zero-order valence-corrected chi connectivity index (χ0v) is 18.8. The Balaban J connectivity index is 0.000000577. The second kappa shape index (κ2) is 11.7. The first-order chi connectivity index (χ1) is 14.5. The zero-order chi connectivity index (χ0) is 23.6. The number of hydrogen-bond acceptors (Lipinski definition) is 6. The predicted octanol–water partition coefficient (Wildman–Crippen LogP) is 4.04. The van der Waals surface area contributed by atoms with E-state index in [2.05, 4.69) is 5.32 Å². The van der Waals surface area contributed by atoms with Crippen LogP contribution in [-0.4, -0.2) is 37.4 Å². The van der Waals surface area contributed by atoms with E-state index in [0.29, 0.717) is 17.1 Å². The van der Waals surface area contributed by atoms with Crippen molar-refractivity contribution in [3.8, 4) is 11.5 Å². The number of nitrogens with one attached hydrogen (secondary N) is 1. The highest BCUT2D eigenvalue weighted by atomic mass is 16.6. The van der Waals surface area contributed by atoms with Gasteiger partial charge in [-0.1, -0.05) is 32.0 Å². The van der Waals surface area contributed by atoms with Crippen LogP contribution in [0.1, 0.15) is 33.3 Å². The molecule has 4 N–H and O–H groups in total. The molecule has 0 aliphatic rings. The fraction of sp³-hybridized carbons (Fsp3) is 0.391. The standard InChI is InChI=1S/C17H25NO6.C6H7N/c1-10(2)14(15(19)20)18-16(21)24-17(3,4)11-7-12(22-5)9-13(8-11)23-6;7-6-4-2-1-3-5-6/h7-10,14H,1-6H3,(H,18,21)(H,19,20);1-5H,7H2/t14-;/m0./s1. The first kappa shape index (κ1) is 25.6. The van der Waals surface area contributed by atoms with Gasteiger partial charge in [0.05, 0.1) is 14.2 Å². The van der Waals surface area contributed by atoms with Crippen molar-refractivity contribution < 1.29 is 28.9 Å². The van der Waals surface area contributed by atoms with Gasteiger partial charge >= 0.3 is 12.1 Å². The number of nitrogen functional groups attached to an aromatic ring is 1. The maximum absolute atomic E-state index is 12.1. The van der Waals surface area contributed by atoms with Gasteiger partial charge in [0.2, 0.25) is 0 Å². The summed E-state index contributed by atoms with van der Waals surface area (Å²) in [5.41, 5.74) is 5.83. The second-order valence-electron chi connectivity index (χ2n) is 7.62. The molecule has 0 bridgehead atoms. The molecule has 0 spiro atoms. The number of carbonyl (C=O) groups is 2. The van der Waals surface area contributed by atoms with Gasteiger partial charge in [-0.15, -0.1) is 0 Å². The van der Waals surface area contributed by atoms with E-state index in [-0.39, 0.29) is 5.92 Å². The van der Waals surface area contributed by atoms with Gasteiger partial charge in [-0.25, -0.2) is 9.59 Å². The summed E-state index contributed by atoms with van der Waals surface area (Å²) in [6.45, 7) is 6.81. The van der Waals surface area contributed by atoms with E-state index >= 15 is 0 Å². The SMILES string of the molecule is COc1cc(OC)cc(C(C)(C)OC(=O)N[C@H](C(=O)O)C(C)C)c1.Nc1ccccc1. The monoisotopic (exact) mass is 432 g/mol. The van der Waals surface area contributed by atoms with E-state index in [1.54, 1.807) is 45.9 Å². The van der Waals surface area contributed by atoms with Gasteiger partial charge < -0.3 is 30.4 Å². The number of anilines is 1. The van der Waals surface area contributed by atoms with Crippen LogP contribution in [0.4, 0.5) is 10.5 Å². The number of nitrogens with two attached hydrogens (primary N) is 1. The number of methoxy groups -OCH3 is 2. The number of carbonyl (C=O) groups excluding carboxylic acids is 1. The second-order valence-corrected chi connectivity index (χ2v) is 7.62. The van der Waals surface area contributed by atoms with Gasteiger partial charge in [0, 0.05) is 17.3 Å². The van der Waals surface area contributed by atoms with Gasteiger partial charge in [0.25, 0.3) is 0 Å². The quantitative estimate of drug-likeness (QED) is 0.565. The Morgan fingerprint density at radius 2 is 1.52 bits per heavy atom. The highest BCUT2D eigenvalue weighted by molar-refractivity contribution is 5.80. The third-order valence-corrected chi connectivity index (χ3v) is 4.40. The van der Waals surface area contributed by atoms with Crippen LogP contribution in [0.3, 0.4) is 0 Å². The van der Waals surface area contributed by atoms with Crippen molar-refractivity contribution in [2.75, 3.05) is 20.0 Å². The highest BCUT2D eigenvalue weighted by Gasteiger charge is 2.30. The molecule has 0 saturated carbocycles. The van der Waals surface area contributed by atoms with Crippen molar-refractivity contribution in [1.29, 1.82) is 0 Å². The number of benzene rings is 2. The Bertz CT molecular complexity index is 830. The maximum atomic E-state index is 12.1. The van der Waals surface area contributed by atoms with Gasteiger partial charge in [0.15, 0.2) is 0 Å². The summed E-state index contributed by atoms with van der Waals surface area (Å²) in [6, 6.07) is 13.6. The molecule has 0 aliphatic carbocycles. The van der Waals surface area contributed by atoms with Crippen molar-refractivity contribution in [3.63, 3.8) is 0 Å². The summed E-state index contributed by atoms with van der Waals surface area (Å²) in [6.07, 6.45) is -0.803. The summed E-state index contributed by atoms with van der Waals surface area (Å²) in [5, 5.41) is 11.5. The minimum absolute atomic E-state index is 0.268. The number of amides is 1. The van der Waals surface area contributed by atoms with Crippen molar-refractivity contribution in [2.24, 2.45) is 5.92 Å². The van der Waals surface area contributed by atoms with E-state index in [4.69, 9.17) is 25.1 Å².